The van der Waals surface area contributed by atoms with Crippen molar-refractivity contribution < 1.29 is 9.53 Å². The Hall–Kier alpha value is -3.01. The highest BCUT2D eigenvalue weighted by molar-refractivity contribution is 5.84. The Balaban J connectivity index is 1.70. The number of allylic oxidation sites excluding steroid dienone is 2. The zero-order valence-corrected chi connectivity index (χ0v) is 16.6. The molecule has 2 aromatic carbocycles. The number of hydrogen-bond acceptors (Lipinski definition) is 3. The van der Waals surface area contributed by atoms with Gasteiger partial charge >= 0.3 is 0 Å². The fraction of sp³-hybridized carbons (Fsp3) is 0.292. The Kier molecular flexibility index (Phi) is 4.50. The second kappa shape index (κ2) is 6.86. The van der Waals surface area contributed by atoms with E-state index in [4.69, 9.17) is 4.74 Å². The first kappa shape index (κ1) is 18.4. The summed E-state index contributed by atoms with van der Waals surface area (Å²) in [6.07, 6.45) is 8.69. The number of para-hydroxylation sites is 2. The Labute approximate surface area is 166 Å². The number of amides is 1. The van der Waals surface area contributed by atoms with E-state index < -0.39 is 5.66 Å². The lowest BCUT2D eigenvalue weighted by atomic mass is 9.74. The maximum Gasteiger partial charge on any atom is 0.223 e. The number of ether oxygens (including phenoxy) is 1. The molecule has 0 unspecified atom stereocenters. The van der Waals surface area contributed by atoms with Crippen molar-refractivity contribution in [3.8, 4) is 5.75 Å². The number of nitrogens with one attached hydrogen (secondary N) is 1. The fourth-order valence-corrected chi connectivity index (χ4v) is 4.48. The number of carbonyl (C=O) groups is 1. The molecule has 1 amide bonds. The van der Waals surface area contributed by atoms with E-state index in [1.54, 1.807) is 7.11 Å². The minimum atomic E-state index is -0.572. The van der Waals surface area contributed by atoms with Crippen LogP contribution in [0, 0.1) is 0 Å². The Morgan fingerprint density at radius 2 is 1.82 bits per heavy atom. The maximum atomic E-state index is 12.4. The molecule has 2 heterocycles. The van der Waals surface area contributed by atoms with E-state index in [2.05, 4.69) is 54.4 Å². The standard InChI is InChI=1S/C24H26N2O2/c1-23(2)19-12-5-6-13-20(19)26-17-15-22(27)25-24(23,26)16-9-8-11-18-10-4-7-14-21(18)28-3/h4-14,16H,15,17H2,1-3H3,(H,25,27)/t24-/m1/s1. The van der Waals surface area contributed by atoms with Gasteiger partial charge in [0, 0.05) is 29.6 Å². The molecule has 1 N–H and O–H groups in total. The predicted molar refractivity (Wildman–Crippen MR) is 113 cm³/mol. The first-order valence-corrected chi connectivity index (χ1v) is 9.67. The van der Waals surface area contributed by atoms with Crippen LogP contribution >= 0.6 is 0 Å². The van der Waals surface area contributed by atoms with Crippen LogP contribution in [0.5, 0.6) is 5.75 Å². The zero-order chi connectivity index (χ0) is 19.8. The maximum absolute atomic E-state index is 12.4. The minimum absolute atomic E-state index is 0.0930. The van der Waals surface area contributed by atoms with Gasteiger partial charge in [0.15, 0.2) is 0 Å². The van der Waals surface area contributed by atoms with Gasteiger partial charge in [0.2, 0.25) is 5.91 Å². The molecule has 1 atom stereocenters. The predicted octanol–water partition coefficient (Wildman–Crippen LogP) is 4.28. The summed E-state index contributed by atoms with van der Waals surface area (Å²) in [4.78, 5) is 14.7. The van der Waals surface area contributed by atoms with E-state index in [1.807, 2.05) is 42.5 Å². The smallest absolute Gasteiger partial charge is 0.223 e. The first-order chi connectivity index (χ1) is 13.5. The highest BCUT2D eigenvalue weighted by atomic mass is 16.5. The van der Waals surface area contributed by atoms with E-state index >= 15 is 0 Å². The van der Waals surface area contributed by atoms with E-state index in [0.29, 0.717) is 13.0 Å². The van der Waals surface area contributed by atoms with Crippen LogP contribution < -0.4 is 15.0 Å². The van der Waals surface area contributed by atoms with Crippen molar-refractivity contribution >= 4 is 17.7 Å². The number of nitrogens with zero attached hydrogens (tertiary/aromatic N) is 1. The molecule has 4 heteroatoms. The van der Waals surface area contributed by atoms with E-state index in [1.165, 1.54) is 11.3 Å². The summed E-state index contributed by atoms with van der Waals surface area (Å²) in [5.74, 6) is 0.932. The number of hydrogen-bond donors (Lipinski definition) is 1. The van der Waals surface area contributed by atoms with Crippen molar-refractivity contribution in [1.29, 1.82) is 0 Å². The van der Waals surface area contributed by atoms with Crippen molar-refractivity contribution in [2.24, 2.45) is 0 Å². The Morgan fingerprint density at radius 3 is 2.64 bits per heavy atom. The molecule has 1 fully saturated rings. The molecule has 0 bridgehead atoms. The third kappa shape index (κ3) is 2.71. The third-order valence-electron chi connectivity index (χ3n) is 6.00. The van der Waals surface area contributed by atoms with Crippen LogP contribution in [-0.2, 0) is 10.2 Å². The van der Waals surface area contributed by atoms with Crippen molar-refractivity contribution in [2.45, 2.75) is 31.3 Å². The average Bonchev–Trinajstić information content (AvgIpc) is 2.90. The van der Waals surface area contributed by atoms with Gasteiger partial charge in [-0.1, -0.05) is 68.5 Å². The molecule has 28 heavy (non-hydrogen) atoms. The molecule has 0 spiro atoms. The van der Waals surface area contributed by atoms with Crippen LogP contribution in [0.15, 0.2) is 66.8 Å². The highest BCUT2D eigenvalue weighted by Crippen LogP contribution is 2.52. The SMILES string of the molecule is COc1ccccc1C=CC=C[C@@]12NC(=O)CCN1c1ccccc1C2(C)C. The number of rotatable bonds is 4. The second-order valence-electron chi connectivity index (χ2n) is 7.82. The van der Waals surface area contributed by atoms with Crippen LogP contribution in [0.2, 0.25) is 0 Å². The fourth-order valence-electron chi connectivity index (χ4n) is 4.48. The molecule has 2 aliphatic heterocycles. The lowest BCUT2D eigenvalue weighted by Gasteiger charge is -2.49. The summed E-state index contributed by atoms with van der Waals surface area (Å²) in [6, 6.07) is 16.4. The Morgan fingerprint density at radius 1 is 1.07 bits per heavy atom. The van der Waals surface area contributed by atoms with Gasteiger partial charge in [-0.2, -0.15) is 0 Å². The summed E-state index contributed by atoms with van der Waals surface area (Å²) < 4.78 is 5.41. The van der Waals surface area contributed by atoms with Gasteiger partial charge < -0.3 is 15.0 Å². The number of anilines is 1. The van der Waals surface area contributed by atoms with Crippen molar-refractivity contribution in [3.63, 3.8) is 0 Å². The number of fused-ring (bicyclic) bond motifs is 3. The van der Waals surface area contributed by atoms with Crippen molar-refractivity contribution in [1.82, 2.24) is 5.32 Å². The molecule has 4 rings (SSSR count). The van der Waals surface area contributed by atoms with E-state index in [0.717, 1.165) is 11.3 Å². The monoisotopic (exact) mass is 374 g/mol. The topological polar surface area (TPSA) is 41.6 Å². The second-order valence-corrected chi connectivity index (χ2v) is 7.82. The molecule has 0 radical (unpaired) electrons. The summed E-state index contributed by atoms with van der Waals surface area (Å²) >= 11 is 0. The molecule has 4 nitrogen and oxygen atoms in total. The number of carbonyl (C=O) groups excluding carboxylic acids is 1. The first-order valence-electron chi connectivity index (χ1n) is 9.67. The highest BCUT2D eigenvalue weighted by Gasteiger charge is 2.57. The summed E-state index contributed by atoms with van der Waals surface area (Å²) in [6.45, 7) is 5.12. The van der Waals surface area contributed by atoms with Gasteiger partial charge in [-0.3, -0.25) is 4.79 Å². The minimum Gasteiger partial charge on any atom is -0.496 e. The van der Waals surface area contributed by atoms with Crippen LogP contribution in [0.3, 0.4) is 0 Å². The molecule has 1 saturated heterocycles. The van der Waals surface area contributed by atoms with Crippen LogP contribution in [0.4, 0.5) is 5.69 Å². The largest absolute Gasteiger partial charge is 0.496 e. The normalized spacial score (nSPS) is 23.0. The molecule has 0 saturated carbocycles. The Bertz CT molecular complexity index is 961. The van der Waals surface area contributed by atoms with Crippen LogP contribution in [-0.4, -0.2) is 25.2 Å². The van der Waals surface area contributed by atoms with E-state index in [9.17, 15) is 4.79 Å². The molecule has 2 aromatic rings. The quantitative estimate of drug-likeness (QED) is 0.812. The third-order valence-corrected chi connectivity index (χ3v) is 6.00. The lowest BCUT2D eigenvalue weighted by molar-refractivity contribution is -0.124. The van der Waals surface area contributed by atoms with Gasteiger partial charge in [-0.25, -0.2) is 0 Å². The van der Waals surface area contributed by atoms with Crippen molar-refractivity contribution in [2.75, 3.05) is 18.6 Å². The molecule has 2 aliphatic rings. The molecular formula is C24H26N2O2. The summed E-state index contributed by atoms with van der Waals surface area (Å²) in [7, 11) is 1.68. The number of methoxy groups -OCH3 is 1. The molecule has 144 valence electrons. The molecular weight excluding hydrogens is 348 g/mol. The average molecular weight is 374 g/mol. The summed E-state index contributed by atoms with van der Waals surface area (Å²) in [5.41, 5.74) is 2.65. The van der Waals surface area contributed by atoms with Crippen LogP contribution in [0.25, 0.3) is 6.08 Å². The molecule has 0 aliphatic carbocycles. The lowest BCUT2D eigenvalue weighted by Crippen LogP contribution is -2.68. The van der Waals surface area contributed by atoms with Crippen molar-refractivity contribution in [3.05, 3.63) is 77.9 Å². The van der Waals surface area contributed by atoms with Gasteiger partial charge in [-0.05, 0) is 23.8 Å². The van der Waals surface area contributed by atoms with E-state index in [-0.39, 0.29) is 11.3 Å². The summed E-state index contributed by atoms with van der Waals surface area (Å²) in [5, 5.41) is 3.29. The van der Waals surface area contributed by atoms with Gasteiger partial charge in [0.05, 0.1) is 7.11 Å². The van der Waals surface area contributed by atoms with Gasteiger partial charge in [0.25, 0.3) is 0 Å². The zero-order valence-electron chi connectivity index (χ0n) is 16.6. The molecule has 0 aromatic heterocycles. The van der Waals surface area contributed by atoms with Crippen LogP contribution in [0.1, 0.15) is 31.4 Å². The van der Waals surface area contributed by atoms with Gasteiger partial charge in [-0.15, -0.1) is 0 Å². The number of benzene rings is 2. The van der Waals surface area contributed by atoms with Gasteiger partial charge in [0.1, 0.15) is 11.4 Å².